The first-order valence-corrected chi connectivity index (χ1v) is 14.4. The first-order valence-electron chi connectivity index (χ1n) is 14.4. The topological polar surface area (TPSA) is 91.0 Å². The van der Waals surface area contributed by atoms with Gasteiger partial charge in [-0.1, -0.05) is 38.8 Å². The van der Waals surface area contributed by atoms with Crippen LogP contribution in [0.5, 0.6) is 0 Å². The molecule has 1 saturated heterocycles. The highest BCUT2D eigenvalue weighted by molar-refractivity contribution is 5.86. The Labute approximate surface area is 225 Å². The summed E-state index contributed by atoms with van der Waals surface area (Å²) < 4.78 is 0. The van der Waals surface area contributed by atoms with Gasteiger partial charge in [-0.15, -0.1) is 0 Å². The molecule has 2 N–H and O–H groups in total. The van der Waals surface area contributed by atoms with Crippen LogP contribution in [0.15, 0.2) is 42.9 Å². The summed E-state index contributed by atoms with van der Waals surface area (Å²) in [6.07, 6.45) is 13.7. The zero-order chi connectivity index (χ0) is 26.5. The van der Waals surface area contributed by atoms with Gasteiger partial charge in [-0.3, -0.25) is 14.6 Å². The smallest absolute Gasteiger partial charge is 0.224 e. The summed E-state index contributed by atoms with van der Waals surface area (Å²) in [6.45, 7) is 7.43. The van der Waals surface area contributed by atoms with Gasteiger partial charge in [-0.05, 0) is 74.7 Å². The summed E-state index contributed by atoms with van der Waals surface area (Å²) in [5.41, 5.74) is 2.19. The average Bonchev–Trinajstić information content (AvgIpc) is 3.42. The number of hydrogen-bond donors (Lipinski definition) is 2. The predicted octanol–water partition coefficient (Wildman–Crippen LogP) is 5.83. The summed E-state index contributed by atoms with van der Waals surface area (Å²) in [4.78, 5) is 40.1. The number of hydrogen-bond acceptors (Lipinski definition) is 5. The fraction of sp³-hybridized carbons (Fsp3) is 0.548. The number of unbranched alkanes of at least 4 members (excludes halogenated alkanes) is 2. The van der Waals surface area contributed by atoms with E-state index in [0.717, 1.165) is 92.4 Å². The first kappa shape index (κ1) is 26.5. The van der Waals surface area contributed by atoms with Crippen LogP contribution in [-0.2, 0) is 9.59 Å². The van der Waals surface area contributed by atoms with E-state index in [-0.39, 0.29) is 23.3 Å². The molecular weight excluding hydrogens is 474 g/mol. The van der Waals surface area contributed by atoms with Gasteiger partial charge in [0.05, 0.1) is 17.9 Å². The van der Waals surface area contributed by atoms with E-state index in [1.807, 2.05) is 25.4 Å². The Balaban J connectivity index is 1.26. The van der Waals surface area contributed by atoms with Gasteiger partial charge in [0, 0.05) is 42.1 Å². The van der Waals surface area contributed by atoms with Gasteiger partial charge in [-0.25, -0.2) is 4.98 Å². The van der Waals surface area contributed by atoms with Crippen molar-refractivity contribution < 1.29 is 9.59 Å². The predicted molar refractivity (Wildman–Crippen MR) is 150 cm³/mol. The van der Waals surface area contributed by atoms with Gasteiger partial charge < -0.3 is 15.2 Å². The molecule has 3 aromatic rings. The lowest BCUT2D eigenvalue weighted by molar-refractivity contribution is -0.124. The molecule has 202 valence electrons. The van der Waals surface area contributed by atoms with E-state index < -0.39 is 0 Å². The number of nitrogens with zero attached hydrogens (tertiary/aromatic N) is 3. The summed E-state index contributed by atoms with van der Waals surface area (Å²) in [5, 5.41) is 5.61. The molecule has 5 rings (SSSR count). The number of ketones is 1. The normalized spacial score (nSPS) is 19.5. The molecule has 2 fully saturated rings. The number of pyridine rings is 1. The van der Waals surface area contributed by atoms with E-state index in [1.165, 1.54) is 0 Å². The second kappa shape index (κ2) is 11.8. The number of carbonyl (C=O) groups excluding carboxylic acids is 2. The summed E-state index contributed by atoms with van der Waals surface area (Å²) in [6, 6.07) is 8.16. The van der Waals surface area contributed by atoms with Gasteiger partial charge >= 0.3 is 0 Å². The van der Waals surface area contributed by atoms with Gasteiger partial charge in [0.2, 0.25) is 5.91 Å². The third kappa shape index (κ3) is 5.98. The monoisotopic (exact) mass is 515 g/mol. The van der Waals surface area contributed by atoms with Crippen LogP contribution in [0.2, 0.25) is 0 Å². The summed E-state index contributed by atoms with van der Waals surface area (Å²) in [7, 11) is 0. The number of benzene rings is 1. The molecule has 1 amide bonds. The molecule has 38 heavy (non-hydrogen) atoms. The Morgan fingerprint density at radius 3 is 2.74 bits per heavy atom. The maximum absolute atomic E-state index is 13.4. The Morgan fingerprint density at radius 1 is 1.11 bits per heavy atom. The van der Waals surface area contributed by atoms with E-state index in [2.05, 4.69) is 45.3 Å². The molecule has 1 saturated carbocycles. The molecule has 1 spiro atoms. The third-order valence-electron chi connectivity index (χ3n) is 8.84. The highest BCUT2D eigenvalue weighted by atomic mass is 16.2. The van der Waals surface area contributed by atoms with Gasteiger partial charge in [-0.2, -0.15) is 0 Å². The average molecular weight is 516 g/mol. The molecule has 2 atom stereocenters. The lowest BCUT2D eigenvalue weighted by Crippen LogP contribution is -2.37. The van der Waals surface area contributed by atoms with E-state index >= 15 is 0 Å². The minimum atomic E-state index is -0.159. The standard InChI is InChI=1S/C31H41N5O2/c1-3-25(37)8-6-5-7-9-27(35-30(38)26-19-31(26)13-16-36(4-2)17-14-31)29-33-21-28(34-29)23-11-10-22-12-15-32-20-24(22)18-23/h10-12,15,18,20-21,26-27H,3-9,13-14,16-17,19H2,1-2H3,(H,33,34)(H,35,38)/t26-,27+/m1/s1. The van der Waals surface area contributed by atoms with E-state index in [4.69, 9.17) is 4.98 Å². The van der Waals surface area contributed by atoms with Crippen molar-refractivity contribution in [1.82, 2.24) is 25.2 Å². The van der Waals surface area contributed by atoms with E-state index in [0.29, 0.717) is 18.6 Å². The molecule has 0 radical (unpaired) electrons. The number of rotatable bonds is 12. The van der Waals surface area contributed by atoms with Crippen LogP contribution in [0.1, 0.15) is 83.5 Å². The fourth-order valence-electron chi connectivity index (χ4n) is 6.07. The van der Waals surface area contributed by atoms with Crippen LogP contribution < -0.4 is 5.32 Å². The van der Waals surface area contributed by atoms with Crippen molar-refractivity contribution in [3.8, 4) is 11.3 Å². The largest absolute Gasteiger partial charge is 0.346 e. The molecule has 3 heterocycles. The number of fused-ring (bicyclic) bond motifs is 1. The molecule has 1 aromatic carbocycles. The summed E-state index contributed by atoms with van der Waals surface area (Å²) >= 11 is 0. The SMILES string of the molecule is CCC(=O)CCCCC[C@H](NC(=O)[C@H]1CC12CCN(CC)CC2)c1ncc(-c2ccc3ccncc3c2)[nH]1. The first-order chi connectivity index (χ1) is 18.5. The van der Waals surface area contributed by atoms with Crippen LogP contribution in [0.4, 0.5) is 0 Å². The molecule has 0 unspecified atom stereocenters. The minimum Gasteiger partial charge on any atom is -0.346 e. The Kier molecular flexibility index (Phi) is 8.22. The summed E-state index contributed by atoms with van der Waals surface area (Å²) in [5.74, 6) is 1.42. The maximum atomic E-state index is 13.4. The number of H-pyrrole nitrogens is 1. The van der Waals surface area contributed by atoms with Crippen LogP contribution in [0.25, 0.3) is 22.0 Å². The molecule has 0 bridgehead atoms. The van der Waals surface area contributed by atoms with Gasteiger partial charge in [0.25, 0.3) is 0 Å². The number of piperidine rings is 1. The third-order valence-corrected chi connectivity index (χ3v) is 8.84. The van der Waals surface area contributed by atoms with Crippen LogP contribution >= 0.6 is 0 Å². The van der Waals surface area contributed by atoms with Crippen molar-refractivity contribution in [3.05, 3.63) is 48.7 Å². The van der Waals surface area contributed by atoms with E-state index in [9.17, 15) is 9.59 Å². The van der Waals surface area contributed by atoms with Gasteiger partial charge in [0.1, 0.15) is 11.6 Å². The molecule has 2 aliphatic rings. The molecule has 7 nitrogen and oxygen atoms in total. The van der Waals surface area contributed by atoms with Crippen LogP contribution in [0, 0.1) is 11.3 Å². The van der Waals surface area contributed by atoms with Crippen LogP contribution in [0.3, 0.4) is 0 Å². The number of nitrogens with one attached hydrogen (secondary N) is 2. The van der Waals surface area contributed by atoms with E-state index in [1.54, 1.807) is 6.20 Å². The van der Waals surface area contributed by atoms with Gasteiger partial charge in [0.15, 0.2) is 0 Å². The van der Waals surface area contributed by atoms with Crippen molar-refractivity contribution in [2.45, 2.75) is 77.7 Å². The molecule has 2 aromatic heterocycles. The number of amides is 1. The zero-order valence-electron chi connectivity index (χ0n) is 22.8. The molecule has 1 aliphatic heterocycles. The second-order valence-electron chi connectivity index (χ2n) is 11.2. The maximum Gasteiger partial charge on any atom is 0.224 e. The quantitative estimate of drug-likeness (QED) is 0.296. The number of carbonyl (C=O) groups is 2. The second-order valence-corrected chi connectivity index (χ2v) is 11.2. The molecular formula is C31H41N5O2. The zero-order valence-corrected chi connectivity index (χ0v) is 22.8. The Bertz CT molecular complexity index is 1260. The number of likely N-dealkylation sites (tertiary alicyclic amines) is 1. The van der Waals surface area contributed by atoms with Crippen molar-refractivity contribution in [2.75, 3.05) is 19.6 Å². The fourth-order valence-corrected chi connectivity index (χ4v) is 6.07. The Hall–Kier alpha value is -3.06. The lowest BCUT2D eigenvalue weighted by atomic mass is 9.90. The Morgan fingerprint density at radius 2 is 1.95 bits per heavy atom. The number of imidazole rings is 1. The van der Waals surface area contributed by atoms with Crippen molar-refractivity contribution in [3.63, 3.8) is 0 Å². The molecule has 7 heteroatoms. The van der Waals surface area contributed by atoms with Crippen molar-refractivity contribution in [2.24, 2.45) is 11.3 Å². The number of aromatic amines is 1. The number of aromatic nitrogens is 3. The highest BCUT2D eigenvalue weighted by Gasteiger charge is 2.58. The van der Waals surface area contributed by atoms with Crippen molar-refractivity contribution in [1.29, 1.82) is 0 Å². The van der Waals surface area contributed by atoms with Crippen LogP contribution in [-0.4, -0.2) is 51.2 Å². The lowest BCUT2D eigenvalue weighted by Gasteiger charge is -2.32. The highest BCUT2D eigenvalue weighted by Crippen LogP contribution is 2.59. The number of Topliss-reactive ketones (excluding diaryl/α,β-unsaturated/α-hetero) is 1. The minimum absolute atomic E-state index is 0.119. The molecule has 1 aliphatic carbocycles. The van der Waals surface area contributed by atoms with Crippen molar-refractivity contribution >= 4 is 22.5 Å².